The molecule has 2 aromatic heterocycles. The molecular formula is C20H24N4O2S2. The standard InChI is InChI=1S/C20H24N4O2S2/c1-22(2)20-21-18-16(28-20)12-17(27-18)19(25)23(3)13-14-6-4-5-7-15(14)24-8-10-26-11-9-24/h4-7,12H,8-11,13H2,1-3H3. The van der Waals surface area contributed by atoms with E-state index in [4.69, 9.17) is 4.74 Å². The number of thiophene rings is 1. The van der Waals surface area contributed by atoms with E-state index in [0.717, 1.165) is 51.4 Å². The molecule has 28 heavy (non-hydrogen) atoms. The van der Waals surface area contributed by atoms with E-state index >= 15 is 0 Å². The number of ether oxygens (including phenoxy) is 1. The van der Waals surface area contributed by atoms with E-state index in [0.29, 0.717) is 6.54 Å². The van der Waals surface area contributed by atoms with Crippen molar-refractivity contribution < 1.29 is 9.53 Å². The topological polar surface area (TPSA) is 48.9 Å². The monoisotopic (exact) mass is 416 g/mol. The van der Waals surface area contributed by atoms with Crippen LogP contribution in [-0.2, 0) is 11.3 Å². The van der Waals surface area contributed by atoms with Crippen molar-refractivity contribution in [3.8, 4) is 0 Å². The van der Waals surface area contributed by atoms with E-state index < -0.39 is 0 Å². The van der Waals surface area contributed by atoms with Gasteiger partial charge in [-0.15, -0.1) is 11.3 Å². The van der Waals surface area contributed by atoms with E-state index in [9.17, 15) is 4.79 Å². The number of hydrogen-bond acceptors (Lipinski definition) is 7. The fourth-order valence-electron chi connectivity index (χ4n) is 3.29. The van der Waals surface area contributed by atoms with Crippen molar-refractivity contribution >= 4 is 48.9 Å². The second-order valence-corrected chi connectivity index (χ2v) is 9.10. The van der Waals surface area contributed by atoms with E-state index in [1.165, 1.54) is 17.0 Å². The van der Waals surface area contributed by atoms with Gasteiger partial charge in [-0.1, -0.05) is 29.5 Å². The summed E-state index contributed by atoms with van der Waals surface area (Å²) in [6, 6.07) is 10.3. The maximum absolute atomic E-state index is 13.0. The van der Waals surface area contributed by atoms with Gasteiger partial charge in [-0.3, -0.25) is 4.79 Å². The van der Waals surface area contributed by atoms with E-state index in [1.807, 2.05) is 38.2 Å². The molecule has 0 bridgehead atoms. The summed E-state index contributed by atoms with van der Waals surface area (Å²) in [4.78, 5) is 25.4. The highest BCUT2D eigenvalue weighted by atomic mass is 32.1. The highest BCUT2D eigenvalue weighted by Crippen LogP contribution is 2.34. The first-order chi connectivity index (χ1) is 13.5. The molecule has 3 heterocycles. The highest BCUT2D eigenvalue weighted by Gasteiger charge is 2.20. The predicted octanol–water partition coefficient (Wildman–Crippen LogP) is 3.53. The molecule has 0 saturated carbocycles. The first-order valence-electron chi connectivity index (χ1n) is 9.26. The molecule has 1 aliphatic heterocycles. The van der Waals surface area contributed by atoms with Gasteiger partial charge in [0.05, 0.1) is 22.8 Å². The second kappa shape index (κ2) is 8.06. The molecule has 1 fully saturated rings. The van der Waals surface area contributed by atoms with Gasteiger partial charge in [0.25, 0.3) is 5.91 Å². The third-order valence-corrected chi connectivity index (χ3v) is 7.09. The Labute approximate surface area is 173 Å². The number of hydrogen-bond donors (Lipinski definition) is 0. The summed E-state index contributed by atoms with van der Waals surface area (Å²) in [5.74, 6) is 0.0402. The Morgan fingerprint density at radius 2 is 1.93 bits per heavy atom. The van der Waals surface area contributed by atoms with E-state index in [1.54, 1.807) is 16.2 Å². The smallest absolute Gasteiger partial charge is 0.264 e. The molecule has 1 amide bonds. The van der Waals surface area contributed by atoms with Crippen LogP contribution in [0.5, 0.6) is 0 Å². The maximum Gasteiger partial charge on any atom is 0.264 e. The molecule has 148 valence electrons. The van der Waals surface area contributed by atoms with E-state index in [2.05, 4.69) is 28.1 Å². The molecule has 1 aliphatic rings. The van der Waals surface area contributed by atoms with Gasteiger partial charge in [-0.2, -0.15) is 0 Å². The van der Waals surface area contributed by atoms with E-state index in [-0.39, 0.29) is 5.91 Å². The summed E-state index contributed by atoms with van der Waals surface area (Å²) in [7, 11) is 5.83. The number of aromatic nitrogens is 1. The largest absolute Gasteiger partial charge is 0.378 e. The third kappa shape index (κ3) is 3.85. The summed E-state index contributed by atoms with van der Waals surface area (Å²) in [5.41, 5.74) is 2.35. The Balaban J connectivity index is 1.51. The zero-order valence-electron chi connectivity index (χ0n) is 16.3. The molecule has 6 nitrogen and oxygen atoms in total. The van der Waals surface area contributed by atoms with Crippen LogP contribution >= 0.6 is 22.7 Å². The Morgan fingerprint density at radius 3 is 2.64 bits per heavy atom. The van der Waals surface area contributed by atoms with Crippen LogP contribution in [0.4, 0.5) is 10.8 Å². The summed E-state index contributed by atoms with van der Waals surface area (Å²) < 4.78 is 6.54. The van der Waals surface area contributed by atoms with Crippen LogP contribution in [0.1, 0.15) is 15.2 Å². The average molecular weight is 417 g/mol. The van der Waals surface area contributed by atoms with Crippen molar-refractivity contribution in [2.24, 2.45) is 0 Å². The van der Waals surface area contributed by atoms with Crippen LogP contribution in [0.25, 0.3) is 9.53 Å². The minimum atomic E-state index is 0.0402. The number of para-hydroxylation sites is 1. The van der Waals surface area contributed by atoms with Crippen LogP contribution in [-0.4, -0.2) is 63.2 Å². The lowest BCUT2D eigenvalue weighted by Gasteiger charge is -2.31. The Kier molecular flexibility index (Phi) is 5.52. The molecule has 0 radical (unpaired) electrons. The number of morpholine rings is 1. The predicted molar refractivity (Wildman–Crippen MR) is 117 cm³/mol. The van der Waals surface area contributed by atoms with Crippen molar-refractivity contribution in [1.29, 1.82) is 0 Å². The molecule has 0 spiro atoms. The fourth-order valence-corrected chi connectivity index (χ4v) is 5.42. The molecule has 8 heteroatoms. The normalized spacial score (nSPS) is 14.5. The fraction of sp³-hybridized carbons (Fsp3) is 0.400. The van der Waals surface area contributed by atoms with Crippen molar-refractivity contribution in [3.63, 3.8) is 0 Å². The quantitative estimate of drug-likeness (QED) is 0.637. The Morgan fingerprint density at radius 1 is 1.18 bits per heavy atom. The van der Waals surface area contributed by atoms with Crippen LogP contribution in [0, 0.1) is 0 Å². The number of thiazole rings is 1. The maximum atomic E-state index is 13.0. The zero-order chi connectivity index (χ0) is 19.7. The van der Waals surface area contributed by atoms with Crippen molar-refractivity contribution in [3.05, 3.63) is 40.8 Å². The van der Waals surface area contributed by atoms with Gasteiger partial charge in [-0.25, -0.2) is 4.98 Å². The summed E-state index contributed by atoms with van der Waals surface area (Å²) in [6.45, 7) is 3.84. The van der Waals surface area contributed by atoms with Gasteiger partial charge in [0, 0.05) is 46.5 Å². The number of rotatable bonds is 5. The summed E-state index contributed by atoms with van der Waals surface area (Å²) in [5, 5.41) is 0.966. The van der Waals surface area contributed by atoms with Crippen molar-refractivity contribution in [2.45, 2.75) is 6.54 Å². The van der Waals surface area contributed by atoms with Gasteiger partial charge < -0.3 is 19.4 Å². The van der Waals surface area contributed by atoms with Crippen LogP contribution in [0.3, 0.4) is 0 Å². The number of carbonyl (C=O) groups excluding carboxylic acids is 1. The summed E-state index contributed by atoms with van der Waals surface area (Å²) >= 11 is 3.09. The third-order valence-electron chi connectivity index (χ3n) is 4.77. The number of fused-ring (bicyclic) bond motifs is 1. The summed E-state index contributed by atoms with van der Waals surface area (Å²) in [6.07, 6.45) is 0. The molecule has 0 aliphatic carbocycles. The minimum absolute atomic E-state index is 0.0402. The molecule has 3 aromatic rings. The zero-order valence-corrected chi connectivity index (χ0v) is 18.0. The van der Waals surface area contributed by atoms with Crippen LogP contribution in [0.15, 0.2) is 30.3 Å². The molecule has 0 atom stereocenters. The van der Waals surface area contributed by atoms with Crippen LogP contribution in [0.2, 0.25) is 0 Å². The molecule has 1 aromatic carbocycles. The molecular weight excluding hydrogens is 392 g/mol. The lowest BCUT2D eigenvalue weighted by atomic mass is 10.1. The van der Waals surface area contributed by atoms with Crippen molar-refractivity contribution in [1.82, 2.24) is 9.88 Å². The van der Waals surface area contributed by atoms with Gasteiger partial charge in [0.1, 0.15) is 4.83 Å². The number of nitrogens with zero attached hydrogens (tertiary/aromatic N) is 4. The van der Waals surface area contributed by atoms with Gasteiger partial charge in [0.2, 0.25) is 0 Å². The average Bonchev–Trinajstić information content (AvgIpc) is 3.28. The van der Waals surface area contributed by atoms with Crippen LogP contribution < -0.4 is 9.80 Å². The molecule has 0 N–H and O–H groups in total. The van der Waals surface area contributed by atoms with Gasteiger partial charge in [0.15, 0.2) is 5.13 Å². The first kappa shape index (κ1) is 19.2. The minimum Gasteiger partial charge on any atom is -0.378 e. The van der Waals surface area contributed by atoms with Gasteiger partial charge >= 0.3 is 0 Å². The van der Waals surface area contributed by atoms with Crippen molar-refractivity contribution in [2.75, 3.05) is 57.2 Å². The lowest BCUT2D eigenvalue weighted by molar-refractivity contribution is 0.0789. The first-order valence-corrected chi connectivity index (χ1v) is 10.9. The molecule has 1 saturated heterocycles. The molecule has 4 rings (SSSR count). The number of anilines is 2. The molecule has 0 unspecified atom stereocenters. The number of carbonyl (C=O) groups is 1. The lowest BCUT2D eigenvalue weighted by Crippen LogP contribution is -2.37. The SMILES string of the molecule is CN(Cc1ccccc1N1CCOCC1)C(=O)c1cc2sc(N(C)C)nc2s1. The number of benzene rings is 1. The highest BCUT2D eigenvalue weighted by molar-refractivity contribution is 7.29. The Hall–Kier alpha value is -2.16. The second-order valence-electron chi connectivity index (χ2n) is 7.06. The Bertz CT molecular complexity index is 944. The number of amides is 1. The van der Waals surface area contributed by atoms with Gasteiger partial charge in [-0.05, 0) is 17.7 Å².